The quantitative estimate of drug-likeness (QED) is 0.190. The van der Waals surface area contributed by atoms with Crippen molar-refractivity contribution in [1.82, 2.24) is 10.3 Å². The molecule has 0 fully saturated rings. The first-order valence-electron chi connectivity index (χ1n) is 12.2. The van der Waals surface area contributed by atoms with Crippen LogP contribution in [0.2, 0.25) is 5.02 Å². The summed E-state index contributed by atoms with van der Waals surface area (Å²) in [5.74, 6) is 0.274. The molecular weight excluding hydrogens is 486 g/mol. The largest absolute Gasteiger partial charge is 0.506 e. The highest BCUT2D eigenvalue weighted by Gasteiger charge is 2.09. The summed E-state index contributed by atoms with van der Waals surface area (Å²) in [5.41, 5.74) is 6.04. The lowest BCUT2D eigenvalue weighted by atomic mass is 10.0. The molecule has 0 aliphatic rings. The molecule has 0 saturated carbocycles. The van der Waals surface area contributed by atoms with E-state index in [0.717, 1.165) is 47.3 Å². The number of hydrogen-bond donors (Lipinski definition) is 2. The van der Waals surface area contributed by atoms with Crippen molar-refractivity contribution in [2.24, 2.45) is 5.10 Å². The molecule has 0 saturated heterocycles. The standard InChI is InChI=1S/C30H30ClN3O3/c1-3-34(4-2)19-21-9-11-22(12-10-21)20-37-29-16-14-24(25-7-5-6-8-26(25)29)18-32-33-30(36)23-13-15-28(35)27(31)17-23/h5-18,35H,3-4,19-20H2,1-2H3,(H,33,36)/b32-18+. The fraction of sp³-hybridized carbons (Fsp3) is 0.200. The van der Waals surface area contributed by atoms with Gasteiger partial charge in [0.25, 0.3) is 5.91 Å². The van der Waals surface area contributed by atoms with Crippen LogP contribution < -0.4 is 10.2 Å². The first-order chi connectivity index (χ1) is 18.0. The number of fused-ring (bicyclic) bond motifs is 1. The van der Waals surface area contributed by atoms with Crippen LogP contribution in [0, 0.1) is 0 Å². The van der Waals surface area contributed by atoms with Gasteiger partial charge in [-0.3, -0.25) is 9.69 Å². The van der Waals surface area contributed by atoms with Gasteiger partial charge >= 0.3 is 0 Å². The molecule has 0 aliphatic carbocycles. The zero-order valence-corrected chi connectivity index (χ0v) is 21.7. The minimum Gasteiger partial charge on any atom is -0.506 e. The summed E-state index contributed by atoms with van der Waals surface area (Å²) < 4.78 is 6.19. The second kappa shape index (κ2) is 12.4. The molecule has 1 amide bonds. The molecule has 0 atom stereocenters. The summed E-state index contributed by atoms with van der Waals surface area (Å²) in [7, 11) is 0. The third-order valence-electron chi connectivity index (χ3n) is 6.22. The molecule has 0 bridgehead atoms. The molecule has 4 aromatic carbocycles. The Labute approximate surface area is 222 Å². The number of carbonyl (C=O) groups excluding carboxylic acids is 1. The van der Waals surface area contributed by atoms with E-state index < -0.39 is 5.91 Å². The Bertz CT molecular complexity index is 1400. The number of phenols is 1. The summed E-state index contributed by atoms with van der Waals surface area (Å²) in [4.78, 5) is 14.7. The van der Waals surface area contributed by atoms with Crippen molar-refractivity contribution in [3.63, 3.8) is 0 Å². The molecule has 2 N–H and O–H groups in total. The fourth-order valence-electron chi connectivity index (χ4n) is 4.01. The van der Waals surface area contributed by atoms with Crippen LogP contribution >= 0.6 is 11.6 Å². The molecular formula is C30H30ClN3O3. The molecule has 37 heavy (non-hydrogen) atoms. The predicted octanol–water partition coefficient (Wildman–Crippen LogP) is 6.38. The lowest BCUT2D eigenvalue weighted by molar-refractivity contribution is 0.0955. The molecule has 0 spiro atoms. The van der Waals surface area contributed by atoms with Gasteiger partial charge in [0.2, 0.25) is 0 Å². The van der Waals surface area contributed by atoms with Crippen molar-refractivity contribution in [2.75, 3.05) is 13.1 Å². The lowest BCUT2D eigenvalue weighted by Crippen LogP contribution is -2.22. The van der Waals surface area contributed by atoms with Gasteiger partial charge in [0.1, 0.15) is 18.1 Å². The van der Waals surface area contributed by atoms with Crippen molar-refractivity contribution >= 4 is 34.5 Å². The maximum absolute atomic E-state index is 12.4. The number of nitrogens with zero attached hydrogens (tertiary/aromatic N) is 2. The van der Waals surface area contributed by atoms with Crippen LogP contribution in [0.5, 0.6) is 11.5 Å². The van der Waals surface area contributed by atoms with Gasteiger partial charge in [-0.2, -0.15) is 5.10 Å². The number of rotatable bonds is 10. The summed E-state index contributed by atoms with van der Waals surface area (Å²) in [6.45, 7) is 7.84. The molecule has 0 heterocycles. The second-order valence-electron chi connectivity index (χ2n) is 8.63. The third kappa shape index (κ3) is 6.67. The molecule has 4 rings (SSSR count). The molecule has 0 aromatic heterocycles. The van der Waals surface area contributed by atoms with Crippen LogP contribution in [-0.4, -0.2) is 35.2 Å². The Balaban J connectivity index is 1.43. The summed E-state index contributed by atoms with van der Waals surface area (Å²) in [6, 6.07) is 24.5. The van der Waals surface area contributed by atoms with Gasteiger partial charge in [-0.25, -0.2) is 5.43 Å². The SMILES string of the molecule is CCN(CC)Cc1ccc(COc2ccc(/C=N/NC(=O)c3ccc(O)c(Cl)c3)c3ccccc23)cc1. The van der Waals surface area contributed by atoms with E-state index in [-0.39, 0.29) is 10.8 Å². The van der Waals surface area contributed by atoms with Crippen molar-refractivity contribution in [1.29, 1.82) is 0 Å². The number of hydrogen-bond acceptors (Lipinski definition) is 5. The number of hydrazone groups is 1. The number of amides is 1. The normalized spacial score (nSPS) is 11.4. The Kier molecular flexibility index (Phi) is 8.77. The maximum atomic E-state index is 12.4. The number of benzene rings is 4. The van der Waals surface area contributed by atoms with E-state index in [2.05, 4.69) is 53.5 Å². The Hall–Kier alpha value is -3.87. The van der Waals surface area contributed by atoms with Crippen molar-refractivity contribution in [2.45, 2.75) is 27.0 Å². The van der Waals surface area contributed by atoms with E-state index in [1.807, 2.05) is 36.4 Å². The summed E-state index contributed by atoms with van der Waals surface area (Å²) in [5, 5.41) is 15.7. The van der Waals surface area contributed by atoms with E-state index in [1.54, 1.807) is 6.21 Å². The molecule has 0 aliphatic heterocycles. The highest BCUT2D eigenvalue weighted by atomic mass is 35.5. The van der Waals surface area contributed by atoms with Gasteiger partial charge in [0.15, 0.2) is 0 Å². The number of ether oxygens (including phenoxy) is 1. The minimum atomic E-state index is -0.425. The predicted molar refractivity (Wildman–Crippen MR) is 150 cm³/mol. The van der Waals surface area contributed by atoms with Gasteiger partial charge in [-0.1, -0.05) is 74.0 Å². The van der Waals surface area contributed by atoms with Crippen LogP contribution in [-0.2, 0) is 13.2 Å². The summed E-state index contributed by atoms with van der Waals surface area (Å²) in [6.07, 6.45) is 1.60. The first kappa shape index (κ1) is 26.2. The Morgan fingerprint density at radius 3 is 2.38 bits per heavy atom. The van der Waals surface area contributed by atoms with E-state index in [1.165, 1.54) is 23.8 Å². The number of aromatic hydroxyl groups is 1. The Morgan fingerprint density at radius 1 is 0.973 bits per heavy atom. The fourth-order valence-corrected chi connectivity index (χ4v) is 4.19. The highest BCUT2D eigenvalue weighted by Crippen LogP contribution is 2.29. The van der Waals surface area contributed by atoms with Crippen molar-refractivity contribution in [3.05, 3.63) is 106 Å². The molecule has 0 unspecified atom stereocenters. The van der Waals surface area contributed by atoms with Crippen LogP contribution in [0.4, 0.5) is 0 Å². The van der Waals surface area contributed by atoms with Gasteiger partial charge < -0.3 is 9.84 Å². The smallest absolute Gasteiger partial charge is 0.271 e. The van der Waals surface area contributed by atoms with E-state index in [4.69, 9.17) is 16.3 Å². The van der Waals surface area contributed by atoms with Gasteiger partial charge in [-0.05, 0) is 59.9 Å². The molecule has 0 radical (unpaired) electrons. The van der Waals surface area contributed by atoms with E-state index in [9.17, 15) is 9.90 Å². The highest BCUT2D eigenvalue weighted by molar-refractivity contribution is 6.32. The van der Waals surface area contributed by atoms with Gasteiger partial charge in [0.05, 0.1) is 11.2 Å². The number of halogens is 1. The maximum Gasteiger partial charge on any atom is 0.271 e. The van der Waals surface area contributed by atoms with Crippen LogP contribution in [0.15, 0.2) is 84.0 Å². The molecule has 190 valence electrons. The third-order valence-corrected chi connectivity index (χ3v) is 6.52. The molecule has 6 nitrogen and oxygen atoms in total. The van der Waals surface area contributed by atoms with Crippen LogP contribution in [0.1, 0.15) is 40.9 Å². The van der Waals surface area contributed by atoms with Gasteiger partial charge in [0, 0.05) is 23.1 Å². The van der Waals surface area contributed by atoms with Gasteiger partial charge in [-0.15, -0.1) is 0 Å². The van der Waals surface area contributed by atoms with Crippen molar-refractivity contribution < 1.29 is 14.6 Å². The second-order valence-corrected chi connectivity index (χ2v) is 9.04. The number of nitrogens with one attached hydrogen (secondary N) is 1. The number of carbonyl (C=O) groups is 1. The monoisotopic (exact) mass is 515 g/mol. The average Bonchev–Trinajstić information content (AvgIpc) is 2.93. The summed E-state index contributed by atoms with van der Waals surface area (Å²) >= 11 is 5.89. The topological polar surface area (TPSA) is 74.2 Å². The molecule has 4 aromatic rings. The molecule has 7 heteroatoms. The Morgan fingerprint density at radius 2 is 1.68 bits per heavy atom. The zero-order chi connectivity index (χ0) is 26.2. The van der Waals surface area contributed by atoms with E-state index in [0.29, 0.717) is 12.2 Å². The zero-order valence-electron chi connectivity index (χ0n) is 20.9. The number of phenolic OH excluding ortho intramolecular Hbond substituents is 1. The lowest BCUT2D eigenvalue weighted by Gasteiger charge is -2.18. The average molecular weight is 516 g/mol. The minimum absolute atomic E-state index is 0.0807. The van der Waals surface area contributed by atoms with E-state index >= 15 is 0 Å². The first-order valence-corrected chi connectivity index (χ1v) is 12.6. The van der Waals surface area contributed by atoms with Crippen molar-refractivity contribution in [3.8, 4) is 11.5 Å². The van der Waals surface area contributed by atoms with Crippen LogP contribution in [0.3, 0.4) is 0 Å². The van der Waals surface area contributed by atoms with Crippen LogP contribution in [0.25, 0.3) is 10.8 Å².